The lowest BCUT2D eigenvalue weighted by Crippen LogP contribution is -2.03. The summed E-state index contributed by atoms with van der Waals surface area (Å²) in [4.78, 5) is 16.3. The van der Waals surface area contributed by atoms with Gasteiger partial charge in [0.2, 0.25) is 0 Å². The number of fused-ring (bicyclic) bond motifs is 1. The van der Waals surface area contributed by atoms with E-state index in [2.05, 4.69) is 17.6 Å². The second-order valence-corrected chi connectivity index (χ2v) is 7.40. The van der Waals surface area contributed by atoms with Crippen molar-refractivity contribution in [2.75, 3.05) is 0 Å². The average molecular weight is 412 g/mol. The van der Waals surface area contributed by atoms with Crippen LogP contribution < -0.4 is 0 Å². The Labute approximate surface area is 180 Å². The molecule has 0 bridgehead atoms. The number of nitrogens with zero attached hydrogens (tertiary/aromatic N) is 2. The van der Waals surface area contributed by atoms with Gasteiger partial charge in [0, 0.05) is 6.54 Å². The molecule has 2 N–H and O–H groups in total. The molecular formula is C26H24N2O3. The number of aromatic nitrogens is 2. The van der Waals surface area contributed by atoms with Gasteiger partial charge in [-0.1, -0.05) is 61.5 Å². The molecule has 0 aliphatic carbocycles. The first-order valence-electron chi connectivity index (χ1n) is 10.3. The van der Waals surface area contributed by atoms with Crippen LogP contribution in [0.2, 0.25) is 0 Å². The van der Waals surface area contributed by atoms with Gasteiger partial charge in [-0.3, -0.25) is 0 Å². The highest BCUT2D eigenvalue weighted by atomic mass is 16.4. The normalized spacial score (nSPS) is 11.4. The Hall–Kier alpha value is -3.70. The standard InChI is InChI=1S/C26H24N2O3/c1-2-3-8-25-27-23-14-11-19(17-29)15-24(23)28(25)16-18-9-12-20(13-10-18)21-6-4-5-7-22(21)26(30)31/h3-15,29H,2,16-17H2,1H3,(H,30,31)/b8-3+. The van der Waals surface area contributed by atoms with Gasteiger partial charge >= 0.3 is 5.97 Å². The van der Waals surface area contributed by atoms with E-state index in [0.717, 1.165) is 40.0 Å². The Morgan fingerprint density at radius 1 is 1.03 bits per heavy atom. The van der Waals surface area contributed by atoms with Gasteiger partial charge in [0.25, 0.3) is 0 Å². The highest BCUT2D eigenvalue weighted by Crippen LogP contribution is 2.26. The molecule has 4 rings (SSSR count). The highest BCUT2D eigenvalue weighted by molar-refractivity contribution is 5.96. The highest BCUT2D eigenvalue weighted by Gasteiger charge is 2.12. The number of rotatable bonds is 7. The number of hydrogen-bond donors (Lipinski definition) is 2. The second-order valence-electron chi connectivity index (χ2n) is 7.40. The first-order valence-corrected chi connectivity index (χ1v) is 10.3. The van der Waals surface area contributed by atoms with Crippen molar-refractivity contribution in [2.24, 2.45) is 0 Å². The number of aromatic carboxylic acids is 1. The Morgan fingerprint density at radius 3 is 2.48 bits per heavy atom. The van der Waals surface area contributed by atoms with E-state index in [0.29, 0.717) is 17.7 Å². The summed E-state index contributed by atoms with van der Waals surface area (Å²) in [5.74, 6) is -0.0659. The van der Waals surface area contributed by atoms with Crippen molar-refractivity contribution in [3.63, 3.8) is 0 Å². The largest absolute Gasteiger partial charge is 0.478 e. The van der Waals surface area contributed by atoms with Crippen LogP contribution in [0.25, 0.3) is 28.2 Å². The van der Waals surface area contributed by atoms with Gasteiger partial charge < -0.3 is 14.8 Å². The summed E-state index contributed by atoms with van der Waals surface area (Å²) in [6, 6.07) is 20.8. The molecule has 0 aliphatic heterocycles. The third-order valence-electron chi connectivity index (χ3n) is 5.29. The molecule has 1 heterocycles. The molecule has 0 saturated carbocycles. The lowest BCUT2D eigenvalue weighted by atomic mass is 9.99. The lowest BCUT2D eigenvalue weighted by Gasteiger charge is -2.10. The Balaban J connectivity index is 1.71. The van der Waals surface area contributed by atoms with E-state index < -0.39 is 5.97 Å². The van der Waals surface area contributed by atoms with E-state index in [1.54, 1.807) is 12.1 Å². The topological polar surface area (TPSA) is 75.4 Å². The summed E-state index contributed by atoms with van der Waals surface area (Å²) in [6.45, 7) is 2.69. The molecule has 156 valence electrons. The molecule has 4 aromatic rings. The minimum absolute atomic E-state index is 0.0149. The third-order valence-corrected chi connectivity index (χ3v) is 5.29. The van der Waals surface area contributed by atoms with E-state index in [9.17, 15) is 15.0 Å². The molecule has 31 heavy (non-hydrogen) atoms. The second kappa shape index (κ2) is 8.98. The third kappa shape index (κ3) is 4.27. The zero-order valence-electron chi connectivity index (χ0n) is 17.3. The minimum Gasteiger partial charge on any atom is -0.478 e. The number of aliphatic hydroxyl groups is 1. The molecule has 5 nitrogen and oxygen atoms in total. The van der Waals surface area contributed by atoms with Crippen molar-refractivity contribution in [1.82, 2.24) is 9.55 Å². The fourth-order valence-electron chi connectivity index (χ4n) is 3.70. The first kappa shape index (κ1) is 20.6. The van der Waals surface area contributed by atoms with E-state index >= 15 is 0 Å². The predicted octanol–water partition coefficient (Wildman–Crippen LogP) is 5.37. The monoisotopic (exact) mass is 412 g/mol. The summed E-state index contributed by atoms with van der Waals surface area (Å²) in [7, 11) is 0. The fraction of sp³-hybridized carbons (Fsp3) is 0.154. The van der Waals surface area contributed by atoms with Crippen LogP contribution in [0, 0.1) is 0 Å². The van der Waals surface area contributed by atoms with Crippen molar-refractivity contribution in [1.29, 1.82) is 0 Å². The van der Waals surface area contributed by atoms with Crippen LogP contribution in [-0.4, -0.2) is 25.7 Å². The predicted molar refractivity (Wildman–Crippen MR) is 123 cm³/mol. The van der Waals surface area contributed by atoms with Crippen LogP contribution in [0.5, 0.6) is 0 Å². The maximum atomic E-state index is 11.5. The average Bonchev–Trinajstić information content (AvgIpc) is 3.14. The zero-order valence-corrected chi connectivity index (χ0v) is 17.3. The van der Waals surface area contributed by atoms with Gasteiger partial charge in [-0.25, -0.2) is 9.78 Å². The minimum atomic E-state index is -0.934. The Morgan fingerprint density at radius 2 is 1.77 bits per heavy atom. The maximum absolute atomic E-state index is 11.5. The molecule has 0 atom stereocenters. The van der Waals surface area contributed by atoms with Crippen LogP contribution >= 0.6 is 0 Å². The summed E-state index contributed by atoms with van der Waals surface area (Å²) in [6.07, 6.45) is 5.02. The van der Waals surface area contributed by atoms with E-state index in [1.807, 2.05) is 60.7 Å². The maximum Gasteiger partial charge on any atom is 0.336 e. The van der Waals surface area contributed by atoms with Gasteiger partial charge in [0.05, 0.1) is 23.2 Å². The van der Waals surface area contributed by atoms with E-state index in [-0.39, 0.29) is 6.61 Å². The van der Waals surface area contributed by atoms with Gasteiger partial charge in [0.15, 0.2) is 0 Å². The van der Waals surface area contributed by atoms with Crippen LogP contribution in [0.4, 0.5) is 0 Å². The first-order chi connectivity index (χ1) is 15.1. The van der Waals surface area contributed by atoms with Crippen molar-refractivity contribution in [2.45, 2.75) is 26.5 Å². The van der Waals surface area contributed by atoms with Crippen molar-refractivity contribution in [3.05, 3.63) is 95.3 Å². The lowest BCUT2D eigenvalue weighted by molar-refractivity contribution is 0.0697. The van der Waals surface area contributed by atoms with Crippen molar-refractivity contribution in [3.8, 4) is 11.1 Å². The summed E-state index contributed by atoms with van der Waals surface area (Å²) in [5, 5.41) is 19.0. The number of carbonyl (C=O) groups is 1. The molecule has 3 aromatic carbocycles. The number of aliphatic hydroxyl groups excluding tert-OH is 1. The molecule has 1 aromatic heterocycles. The molecule has 0 amide bonds. The van der Waals surface area contributed by atoms with Gasteiger partial charge in [-0.15, -0.1) is 0 Å². The Bertz CT molecular complexity index is 1250. The summed E-state index contributed by atoms with van der Waals surface area (Å²) in [5.41, 5.74) is 5.65. The molecular weight excluding hydrogens is 388 g/mol. The van der Waals surface area contributed by atoms with Crippen LogP contribution in [-0.2, 0) is 13.2 Å². The Kier molecular flexibility index (Phi) is 5.96. The number of imidazole rings is 1. The molecule has 0 aliphatic rings. The SMILES string of the molecule is CC/C=C/c1nc2ccc(CO)cc2n1Cc1ccc(-c2ccccc2C(=O)O)cc1. The summed E-state index contributed by atoms with van der Waals surface area (Å²) < 4.78 is 2.14. The summed E-state index contributed by atoms with van der Waals surface area (Å²) >= 11 is 0. The molecule has 0 spiro atoms. The van der Waals surface area contributed by atoms with Crippen LogP contribution in [0.1, 0.15) is 40.7 Å². The molecule has 0 fully saturated rings. The van der Waals surface area contributed by atoms with E-state index in [4.69, 9.17) is 4.98 Å². The van der Waals surface area contributed by atoms with E-state index in [1.165, 1.54) is 0 Å². The zero-order chi connectivity index (χ0) is 21.8. The van der Waals surface area contributed by atoms with Crippen molar-refractivity contribution < 1.29 is 15.0 Å². The fourth-order valence-corrected chi connectivity index (χ4v) is 3.70. The number of hydrogen-bond acceptors (Lipinski definition) is 3. The molecule has 0 saturated heterocycles. The van der Waals surface area contributed by atoms with Gasteiger partial charge in [-0.2, -0.15) is 0 Å². The molecule has 0 radical (unpaired) electrons. The number of carboxylic acids is 1. The smallest absolute Gasteiger partial charge is 0.336 e. The molecule has 0 unspecified atom stereocenters. The number of carboxylic acid groups (broad SMARTS) is 1. The quantitative estimate of drug-likeness (QED) is 0.428. The number of benzene rings is 3. The molecule has 5 heteroatoms. The van der Waals surface area contributed by atoms with Crippen LogP contribution in [0.15, 0.2) is 72.8 Å². The van der Waals surface area contributed by atoms with Gasteiger partial charge in [0.1, 0.15) is 5.82 Å². The van der Waals surface area contributed by atoms with Crippen LogP contribution in [0.3, 0.4) is 0 Å². The van der Waals surface area contributed by atoms with Gasteiger partial charge in [-0.05, 0) is 52.9 Å². The number of allylic oxidation sites excluding steroid dienone is 1. The van der Waals surface area contributed by atoms with Crippen molar-refractivity contribution >= 4 is 23.1 Å².